The summed E-state index contributed by atoms with van der Waals surface area (Å²) in [6, 6.07) is 11.4. The van der Waals surface area contributed by atoms with Crippen LogP contribution in [0.2, 0.25) is 0 Å². The molecule has 1 aromatic heterocycles. The summed E-state index contributed by atoms with van der Waals surface area (Å²) in [5.41, 5.74) is 2.10. The molecule has 1 unspecified atom stereocenters. The summed E-state index contributed by atoms with van der Waals surface area (Å²) in [6.45, 7) is 3.99. The maximum absolute atomic E-state index is 14.0. The van der Waals surface area contributed by atoms with Crippen LogP contribution >= 0.6 is 0 Å². The van der Waals surface area contributed by atoms with Gasteiger partial charge in [0.25, 0.3) is 5.91 Å². The molecule has 2 N–H and O–H groups in total. The van der Waals surface area contributed by atoms with Crippen LogP contribution in [0.15, 0.2) is 54.6 Å². The van der Waals surface area contributed by atoms with Gasteiger partial charge in [0.1, 0.15) is 23.1 Å². The van der Waals surface area contributed by atoms with Crippen LogP contribution in [0.4, 0.5) is 8.78 Å². The molecule has 0 bridgehead atoms. The molecular formula is C28H27F2N3O2. The molecule has 3 aromatic rings. The molecular weight excluding hydrogens is 448 g/mol. The fraction of sp³-hybridized carbons (Fsp3) is 0.286. The van der Waals surface area contributed by atoms with Crippen LogP contribution in [0.1, 0.15) is 51.8 Å². The number of rotatable bonds is 6. The van der Waals surface area contributed by atoms with Crippen molar-refractivity contribution >= 4 is 5.91 Å². The zero-order chi connectivity index (χ0) is 24.9. The van der Waals surface area contributed by atoms with Crippen LogP contribution in [0.5, 0.6) is 5.75 Å². The Morgan fingerprint density at radius 1 is 1.14 bits per heavy atom. The SMILES string of the molecule is Cc1cc(C#CCCC2CN(C)C2)cc(C(=O)NC(c2ccc(F)cc2)c2cc(F)ccc2O)n1. The molecule has 1 amide bonds. The van der Waals surface area contributed by atoms with Gasteiger partial charge in [0.15, 0.2) is 0 Å². The molecule has 7 heteroatoms. The number of likely N-dealkylation sites (tertiary alicyclic amines) is 1. The lowest BCUT2D eigenvalue weighted by atomic mass is 9.96. The number of halogens is 2. The zero-order valence-electron chi connectivity index (χ0n) is 19.7. The molecule has 2 heterocycles. The van der Waals surface area contributed by atoms with E-state index in [1.54, 1.807) is 13.0 Å². The number of nitrogens with zero attached hydrogens (tertiary/aromatic N) is 2. The number of aromatic nitrogens is 1. The topological polar surface area (TPSA) is 65.5 Å². The van der Waals surface area contributed by atoms with Gasteiger partial charge in [-0.3, -0.25) is 4.79 Å². The Hall–Kier alpha value is -3.76. The van der Waals surface area contributed by atoms with Crippen molar-refractivity contribution in [2.24, 2.45) is 5.92 Å². The van der Waals surface area contributed by atoms with Crippen LogP contribution in [-0.2, 0) is 0 Å². The largest absolute Gasteiger partial charge is 0.508 e. The summed E-state index contributed by atoms with van der Waals surface area (Å²) in [5, 5.41) is 13.2. The van der Waals surface area contributed by atoms with E-state index in [-0.39, 0.29) is 17.0 Å². The van der Waals surface area contributed by atoms with E-state index in [0.29, 0.717) is 22.7 Å². The van der Waals surface area contributed by atoms with Crippen molar-refractivity contribution in [2.45, 2.75) is 25.8 Å². The first-order valence-electron chi connectivity index (χ1n) is 11.5. The Morgan fingerprint density at radius 3 is 2.57 bits per heavy atom. The number of hydrogen-bond donors (Lipinski definition) is 2. The van der Waals surface area contributed by atoms with Crippen LogP contribution in [-0.4, -0.2) is 41.0 Å². The van der Waals surface area contributed by atoms with Crippen molar-refractivity contribution in [1.29, 1.82) is 0 Å². The van der Waals surface area contributed by atoms with Gasteiger partial charge in [-0.2, -0.15) is 0 Å². The highest BCUT2D eigenvalue weighted by Gasteiger charge is 2.23. The summed E-state index contributed by atoms with van der Waals surface area (Å²) >= 11 is 0. The zero-order valence-corrected chi connectivity index (χ0v) is 19.7. The van der Waals surface area contributed by atoms with Crippen LogP contribution in [0.25, 0.3) is 0 Å². The Labute approximate surface area is 203 Å². The van der Waals surface area contributed by atoms with Crippen molar-refractivity contribution in [3.63, 3.8) is 0 Å². The van der Waals surface area contributed by atoms with Crippen LogP contribution in [0, 0.1) is 36.3 Å². The van der Waals surface area contributed by atoms with Crippen molar-refractivity contribution in [1.82, 2.24) is 15.2 Å². The Kier molecular flexibility index (Phi) is 7.42. The number of phenols is 1. The molecule has 0 spiro atoms. The first-order chi connectivity index (χ1) is 16.8. The van der Waals surface area contributed by atoms with Gasteiger partial charge >= 0.3 is 0 Å². The van der Waals surface area contributed by atoms with Gasteiger partial charge in [-0.1, -0.05) is 24.0 Å². The summed E-state index contributed by atoms with van der Waals surface area (Å²) < 4.78 is 27.5. The normalized spacial score (nSPS) is 14.5. The lowest BCUT2D eigenvalue weighted by molar-refractivity contribution is 0.0937. The highest BCUT2D eigenvalue weighted by atomic mass is 19.1. The predicted molar refractivity (Wildman–Crippen MR) is 130 cm³/mol. The second-order valence-corrected chi connectivity index (χ2v) is 8.97. The molecule has 0 aliphatic carbocycles. The maximum atomic E-state index is 14.0. The maximum Gasteiger partial charge on any atom is 0.270 e. The number of aromatic hydroxyl groups is 1. The number of aryl methyl sites for hydroxylation is 1. The standard InChI is InChI=1S/C28H27F2N3O2/c1-18-13-19(5-3-4-6-20-16-33(2)17-20)14-25(31-18)28(35)32-27(21-7-9-22(29)10-8-21)24-15-23(30)11-12-26(24)34/h7-15,20,27,34H,4,6,16-17H2,1-2H3,(H,32,35). The van der Waals surface area contributed by atoms with Crippen molar-refractivity contribution in [3.8, 4) is 17.6 Å². The second-order valence-electron chi connectivity index (χ2n) is 8.97. The first kappa shape index (κ1) is 24.4. The van der Waals surface area contributed by atoms with E-state index in [1.165, 1.54) is 30.3 Å². The fourth-order valence-electron chi connectivity index (χ4n) is 4.27. The molecule has 2 aromatic carbocycles. The fourth-order valence-corrected chi connectivity index (χ4v) is 4.27. The van der Waals surface area contributed by atoms with Crippen molar-refractivity contribution in [3.05, 3.63) is 94.3 Å². The number of benzene rings is 2. The van der Waals surface area contributed by atoms with Gasteiger partial charge in [-0.15, -0.1) is 0 Å². The van der Waals surface area contributed by atoms with Crippen molar-refractivity contribution in [2.75, 3.05) is 20.1 Å². The number of carbonyl (C=O) groups is 1. The van der Waals surface area contributed by atoms with Crippen LogP contribution in [0.3, 0.4) is 0 Å². The van der Waals surface area contributed by atoms with Gasteiger partial charge < -0.3 is 15.3 Å². The van der Waals surface area contributed by atoms with E-state index in [0.717, 1.165) is 38.1 Å². The highest BCUT2D eigenvalue weighted by Crippen LogP contribution is 2.30. The van der Waals surface area contributed by atoms with Gasteiger partial charge in [-0.05, 0) is 74.3 Å². The molecule has 1 aliphatic heterocycles. The third kappa shape index (κ3) is 6.23. The van der Waals surface area contributed by atoms with E-state index in [4.69, 9.17) is 0 Å². The van der Waals surface area contributed by atoms with E-state index >= 15 is 0 Å². The Morgan fingerprint density at radius 2 is 1.86 bits per heavy atom. The molecule has 35 heavy (non-hydrogen) atoms. The van der Waals surface area contributed by atoms with Crippen molar-refractivity contribution < 1.29 is 18.7 Å². The number of pyridine rings is 1. The molecule has 0 radical (unpaired) electrons. The van der Waals surface area contributed by atoms with E-state index in [2.05, 4.69) is 34.1 Å². The Balaban J connectivity index is 1.56. The lowest BCUT2D eigenvalue weighted by Crippen LogP contribution is -2.43. The summed E-state index contributed by atoms with van der Waals surface area (Å²) in [6.07, 6.45) is 1.83. The minimum Gasteiger partial charge on any atom is -0.508 e. The number of phenolic OH excluding ortho intramolecular Hbond substituents is 1. The number of hydrogen-bond acceptors (Lipinski definition) is 4. The number of nitrogens with one attached hydrogen (secondary N) is 1. The second kappa shape index (κ2) is 10.7. The smallest absolute Gasteiger partial charge is 0.270 e. The lowest BCUT2D eigenvalue weighted by Gasteiger charge is -2.35. The summed E-state index contributed by atoms with van der Waals surface area (Å²) in [4.78, 5) is 19.8. The number of carbonyl (C=O) groups excluding carboxylic acids is 1. The van der Waals surface area contributed by atoms with Crippen LogP contribution < -0.4 is 5.32 Å². The monoisotopic (exact) mass is 475 g/mol. The van der Waals surface area contributed by atoms with Gasteiger partial charge in [-0.25, -0.2) is 13.8 Å². The van der Waals surface area contributed by atoms with E-state index in [1.807, 2.05) is 6.07 Å². The van der Waals surface area contributed by atoms with E-state index in [9.17, 15) is 18.7 Å². The quantitative estimate of drug-likeness (QED) is 0.512. The summed E-state index contributed by atoms with van der Waals surface area (Å²) in [7, 11) is 2.10. The average Bonchev–Trinajstić information content (AvgIpc) is 2.81. The first-order valence-corrected chi connectivity index (χ1v) is 11.5. The molecule has 4 rings (SSSR count). The summed E-state index contributed by atoms with van der Waals surface area (Å²) in [5.74, 6) is 5.26. The molecule has 1 saturated heterocycles. The van der Waals surface area contributed by atoms with Gasteiger partial charge in [0, 0.05) is 36.3 Å². The highest BCUT2D eigenvalue weighted by molar-refractivity contribution is 5.93. The van der Waals surface area contributed by atoms with Gasteiger partial charge in [0.05, 0.1) is 6.04 Å². The number of amides is 1. The van der Waals surface area contributed by atoms with E-state index < -0.39 is 23.6 Å². The third-order valence-corrected chi connectivity index (χ3v) is 6.02. The minimum atomic E-state index is -0.920. The molecule has 180 valence electrons. The minimum absolute atomic E-state index is 0.151. The molecule has 1 fully saturated rings. The third-order valence-electron chi connectivity index (χ3n) is 6.02. The molecule has 1 atom stereocenters. The molecule has 1 aliphatic rings. The molecule has 0 saturated carbocycles. The predicted octanol–water partition coefficient (Wildman–Crippen LogP) is 4.59. The van der Waals surface area contributed by atoms with Gasteiger partial charge in [0.2, 0.25) is 0 Å². The molecule has 5 nitrogen and oxygen atoms in total. The Bertz CT molecular complexity index is 1280. The average molecular weight is 476 g/mol.